The molecule has 0 fully saturated rings. The van der Waals surface area contributed by atoms with Crippen LogP contribution in [0.2, 0.25) is 5.02 Å². The summed E-state index contributed by atoms with van der Waals surface area (Å²) in [5, 5.41) is 9.22. The largest absolute Gasteiger partial charge is 0.329 e. The average Bonchev–Trinajstić information content (AvgIpc) is 2.54. The highest BCUT2D eigenvalue weighted by Crippen LogP contribution is 2.33. The summed E-state index contributed by atoms with van der Waals surface area (Å²) in [5.74, 6) is 0.365. The van der Waals surface area contributed by atoms with Crippen LogP contribution in [0.15, 0.2) is 47.4 Å². The Bertz CT molecular complexity index is 839. The quantitative estimate of drug-likeness (QED) is 0.742. The minimum Gasteiger partial charge on any atom is -0.329 e. The van der Waals surface area contributed by atoms with Crippen LogP contribution in [0.3, 0.4) is 0 Å². The number of amides is 3. The molecule has 0 aromatic heterocycles. The summed E-state index contributed by atoms with van der Waals surface area (Å²) in [6.45, 7) is 3.83. The predicted octanol–water partition coefficient (Wildman–Crippen LogP) is 4.44. The lowest BCUT2D eigenvalue weighted by molar-refractivity contribution is -0.113. The molecule has 7 heteroatoms. The number of anilines is 2. The standard InChI is InChI=1S/C18H18ClN3O2S/c1-18(2,11-4-3-5-12(19)8-11)22-17(24)20-13-6-7-14-15(9-13)25-10-16(23)21-14/h3-9H,10H2,1-2H3,(H,21,23)(H2,20,22,24). The molecule has 130 valence electrons. The van der Waals surface area contributed by atoms with E-state index in [1.165, 1.54) is 11.8 Å². The molecule has 1 aliphatic heterocycles. The van der Waals surface area contributed by atoms with Crippen LogP contribution in [-0.4, -0.2) is 17.7 Å². The molecule has 25 heavy (non-hydrogen) atoms. The van der Waals surface area contributed by atoms with E-state index in [0.717, 1.165) is 16.1 Å². The molecule has 3 N–H and O–H groups in total. The van der Waals surface area contributed by atoms with Crippen molar-refractivity contribution < 1.29 is 9.59 Å². The zero-order chi connectivity index (χ0) is 18.0. The van der Waals surface area contributed by atoms with E-state index in [-0.39, 0.29) is 11.9 Å². The number of fused-ring (bicyclic) bond motifs is 1. The molecule has 3 rings (SSSR count). The molecular formula is C18H18ClN3O2S. The molecule has 2 aromatic rings. The van der Waals surface area contributed by atoms with Gasteiger partial charge in [-0.3, -0.25) is 4.79 Å². The maximum Gasteiger partial charge on any atom is 0.319 e. The molecular weight excluding hydrogens is 358 g/mol. The fraction of sp³-hybridized carbons (Fsp3) is 0.222. The first-order valence-corrected chi connectivity index (χ1v) is 9.12. The highest BCUT2D eigenvalue weighted by Gasteiger charge is 2.23. The Labute approximate surface area is 155 Å². The van der Waals surface area contributed by atoms with Crippen molar-refractivity contribution in [2.75, 3.05) is 16.4 Å². The van der Waals surface area contributed by atoms with Crippen LogP contribution in [0.1, 0.15) is 19.4 Å². The number of urea groups is 1. The van der Waals surface area contributed by atoms with E-state index in [2.05, 4.69) is 16.0 Å². The minimum absolute atomic E-state index is 0.0146. The van der Waals surface area contributed by atoms with Gasteiger partial charge in [-0.2, -0.15) is 0 Å². The molecule has 0 aliphatic carbocycles. The van der Waals surface area contributed by atoms with Gasteiger partial charge in [0.1, 0.15) is 0 Å². The summed E-state index contributed by atoms with van der Waals surface area (Å²) in [6, 6.07) is 12.5. The van der Waals surface area contributed by atoms with Gasteiger partial charge in [-0.05, 0) is 49.7 Å². The van der Waals surface area contributed by atoms with Gasteiger partial charge in [0.15, 0.2) is 0 Å². The van der Waals surface area contributed by atoms with Crippen LogP contribution in [-0.2, 0) is 10.3 Å². The molecule has 0 spiro atoms. The molecule has 0 saturated heterocycles. The fourth-order valence-electron chi connectivity index (χ4n) is 2.55. The van der Waals surface area contributed by atoms with Gasteiger partial charge in [0.2, 0.25) is 5.91 Å². The summed E-state index contributed by atoms with van der Waals surface area (Å²) < 4.78 is 0. The van der Waals surface area contributed by atoms with Gasteiger partial charge >= 0.3 is 6.03 Å². The molecule has 1 heterocycles. The number of carbonyl (C=O) groups is 2. The Kier molecular flexibility index (Phi) is 4.92. The van der Waals surface area contributed by atoms with E-state index in [9.17, 15) is 9.59 Å². The van der Waals surface area contributed by atoms with Crippen molar-refractivity contribution in [2.45, 2.75) is 24.3 Å². The first-order chi connectivity index (χ1) is 11.8. The Hall–Kier alpha value is -2.18. The predicted molar refractivity (Wildman–Crippen MR) is 102 cm³/mol. The van der Waals surface area contributed by atoms with Crippen LogP contribution < -0.4 is 16.0 Å². The zero-order valence-electron chi connectivity index (χ0n) is 13.9. The first-order valence-electron chi connectivity index (χ1n) is 7.75. The number of hydrogen-bond acceptors (Lipinski definition) is 3. The normalized spacial score (nSPS) is 13.6. The van der Waals surface area contributed by atoms with Gasteiger partial charge in [-0.25, -0.2) is 4.79 Å². The Morgan fingerprint density at radius 1 is 1.24 bits per heavy atom. The average molecular weight is 376 g/mol. The Morgan fingerprint density at radius 3 is 2.80 bits per heavy atom. The molecule has 1 aliphatic rings. The highest BCUT2D eigenvalue weighted by molar-refractivity contribution is 8.00. The number of hydrogen-bond donors (Lipinski definition) is 3. The summed E-state index contributed by atoms with van der Waals surface area (Å²) in [6.07, 6.45) is 0. The van der Waals surface area contributed by atoms with Crippen LogP contribution in [0.5, 0.6) is 0 Å². The van der Waals surface area contributed by atoms with Crippen LogP contribution in [0.4, 0.5) is 16.2 Å². The number of rotatable bonds is 3. The Morgan fingerprint density at radius 2 is 2.04 bits per heavy atom. The lowest BCUT2D eigenvalue weighted by Crippen LogP contribution is -2.43. The summed E-state index contributed by atoms with van der Waals surface area (Å²) >= 11 is 7.49. The van der Waals surface area contributed by atoms with Crippen molar-refractivity contribution in [3.63, 3.8) is 0 Å². The second-order valence-corrected chi connectivity index (χ2v) is 7.72. The molecule has 0 bridgehead atoms. The van der Waals surface area contributed by atoms with Gasteiger partial charge in [0.05, 0.1) is 17.0 Å². The zero-order valence-corrected chi connectivity index (χ0v) is 15.4. The number of thioether (sulfide) groups is 1. The third-order valence-corrected chi connectivity index (χ3v) is 5.14. The summed E-state index contributed by atoms with van der Waals surface area (Å²) in [5.41, 5.74) is 1.78. The minimum atomic E-state index is -0.577. The van der Waals surface area contributed by atoms with Gasteiger partial charge in [0, 0.05) is 15.6 Å². The lowest BCUT2D eigenvalue weighted by Gasteiger charge is -2.27. The van der Waals surface area contributed by atoms with Gasteiger partial charge in [-0.15, -0.1) is 11.8 Å². The van der Waals surface area contributed by atoms with Crippen LogP contribution in [0.25, 0.3) is 0 Å². The van der Waals surface area contributed by atoms with E-state index in [4.69, 9.17) is 11.6 Å². The van der Waals surface area contributed by atoms with Crippen molar-refractivity contribution >= 4 is 46.7 Å². The van der Waals surface area contributed by atoms with E-state index in [1.54, 1.807) is 18.2 Å². The number of carbonyl (C=O) groups excluding carboxylic acids is 2. The number of nitrogens with one attached hydrogen (secondary N) is 3. The van der Waals surface area contributed by atoms with Gasteiger partial charge in [-0.1, -0.05) is 23.7 Å². The maximum atomic E-state index is 12.4. The van der Waals surface area contributed by atoms with E-state index >= 15 is 0 Å². The molecule has 5 nitrogen and oxygen atoms in total. The van der Waals surface area contributed by atoms with Gasteiger partial charge in [0.25, 0.3) is 0 Å². The summed E-state index contributed by atoms with van der Waals surface area (Å²) in [7, 11) is 0. The topological polar surface area (TPSA) is 70.2 Å². The fourth-order valence-corrected chi connectivity index (χ4v) is 3.58. The second kappa shape index (κ2) is 6.98. The third-order valence-electron chi connectivity index (χ3n) is 3.84. The molecule has 2 aromatic carbocycles. The number of halogens is 1. The van der Waals surface area contributed by atoms with E-state index in [0.29, 0.717) is 16.5 Å². The molecule has 3 amide bonds. The summed E-state index contributed by atoms with van der Waals surface area (Å²) in [4.78, 5) is 24.7. The van der Waals surface area contributed by atoms with Gasteiger partial charge < -0.3 is 16.0 Å². The van der Waals surface area contributed by atoms with Crippen molar-refractivity contribution in [1.82, 2.24) is 5.32 Å². The monoisotopic (exact) mass is 375 g/mol. The van der Waals surface area contributed by atoms with Crippen molar-refractivity contribution in [3.05, 3.63) is 53.1 Å². The van der Waals surface area contributed by atoms with Crippen LogP contribution in [0, 0.1) is 0 Å². The SMILES string of the molecule is CC(C)(NC(=O)Nc1ccc2c(c1)SCC(=O)N2)c1cccc(Cl)c1. The molecule has 0 unspecified atom stereocenters. The maximum absolute atomic E-state index is 12.4. The molecule has 0 radical (unpaired) electrons. The smallest absolute Gasteiger partial charge is 0.319 e. The first kappa shape index (κ1) is 17.6. The van der Waals surface area contributed by atoms with E-state index in [1.807, 2.05) is 38.1 Å². The van der Waals surface area contributed by atoms with Crippen LogP contribution >= 0.6 is 23.4 Å². The van der Waals surface area contributed by atoms with Crippen molar-refractivity contribution in [3.8, 4) is 0 Å². The van der Waals surface area contributed by atoms with Crippen molar-refractivity contribution in [1.29, 1.82) is 0 Å². The van der Waals surface area contributed by atoms with Crippen molar-refractivity contribution in [2.24, 2.45) is 0 Å². The second-order valence-electron chi connectivity index (χ2n) is 6.26. The highest BCUT2D eigenvalue weighted by atomic mass is 35.5. The Balaban J connectivity index is 1.69. The molecule has 0 atom stereocenters. The lowest BCUT2D eigenvalue weighted by atomic mass is 9.94. The van der Waals surface area contributed by atoms with E-state index < -0.39 is 5.54 Å². The molecule has 0 saturated carbocycles. The third kappa shape index (κ3) is 4.27. The number of benzene rings is 2.